The van der Waals surface area contributed by atoms with Crippen LogP contribution in [0.1, 0.15) is 62.7 Å². The second-order valence-corrected chi connectivity index (χ2v) is 6.62. The average Bonchev–Trinajstić information content (AvgIpc) is 2.55. The lowest BCUT2D eigenvalue weighted by Gasteiger charge is -2.30. The molecule has 1 aliphatic heterocycles. The number of ketones is 1. The Morgan fingerprint density at radius 3 is 3.00 bits per heavy atom. The van der Waals surface area contributed by atoms with Crippen LogP contribution in [0, 0.1) is 11.8 Å². The minimum Gasteiger partial charge on any atom is -0.373 e. The average molecular weight is 286 g/mol. The van der Waals surface area contributed by atoms with Gasteiger partial charge in [0, 0.05) is 12.3 Å². The first-order valence-electron chi connectivity index (χ1n) is 8.50. The second kappa shape index (κ2) is 6.74. The molecule has 0 aromatic heterocycles. The van der Waals surface area contributed by atoms with Crippen LogP contribution in [0.15, 0.2) is 24.3 Å². The minimum atomic E-state index is -0.00977. The van der Waals surface area contributed by atoms with Gasteiger partial charge in [-0.15, -0.1) is 0 Å². The number of benzene rings is 1. The highest BCUT2D eigenvalue weighted by Crippen LogP contribution is 2.35. The first-order chi connectivity index (χ1) is 10.3. The highest BCUT2D eigenvalue weighted by molar-refractivity contribution is 5.81. The highest BCUT2D eigenvalue weighted by atomic mass is 16.5. The van der Waals surface area contributed by atoms with Crippen molar-refractivity contribution >= 4 is 5.78 Å². The van der Waals surface area contributed by atoms with E-state index in [1.54, 1.807) is 0 Å². The van der Waals surface area contributed by atoms with Crippen LogP contribution in [0.2, 0.25) is 0 Å². The SMILES string of the molecule is CCC1CCCC(C(=O)CC2OCCc3ccccc32)C1. The zero-order valence-electron chi connectivity index (χ0n) is 13.0. The van der Waals surface area contributed by atoms with Crippen molar-refractivity contribution < 1.29 is 9.53 Å². The molecule has 0 saturated heterocycles. The standard InChI is InChI=1S/C19H26O2/c1-2-14-6-5-8-16(12-14)18(20)13-19-17-9-4-3-7-15(17)10-11-21-19/h3-4,7,9,14,16,19H,2,5-6,8,10-13H2,1H3. The summed E-state index contributed by atoms with van der Waals surface area (Å²) in [5.41, 5.74) is 2.59. The Bertz CT molecular complexity index is 494. The van der Waals surface area contributed by atoms with Crippen molar-refractivity contribution in [3.05, 3.63) is 35.4 Å². The Morgan fingerprint density at radius 1 is 1.29 bits per heavy atom. The Hall–Kier alpha value is -1.15. The van der Waals surface area contributed by atoms with Crippen LogP contribution in [-0.2, 0) is 16.0 Å². The fraction of sp³-hybridized carbons (Fsp3) is 0.632. The van der Waals surface area contributed by atoms with Gasteiger partial charge in [-0.05, 0) is 36.3 Å². The van der Waals surface area contributed by atoms with E-state index in [4.69, 9.17) is 4.74 Å². The van der Waals surface area contributed by atoms with Gasteiger partial charge in [-0.2, -0.15) is 0 Å². The van der Waals surface area contributed by atoms with Gasteiger partial charge < -0.3 is 4.74 Å². The quantitative estimate of drug-likeness (QED) is 0.816. The molecule has 3 unspecified atom stereocenters. The van der Waals surface area contributed by atoms with E-state index in [2.05, 4.69) is 31.2 Å². The molecule has 1 aliphatic carbocycles. The van der Waals surface area contributed by atoms with Gasteiger partial charge in [0.05, 0.1) is 12.7 Å². The normalized spacial score (nSPS) is 28.9. The molecular weight excluding hydrogens is 260 g/mol. The predicted octanol–water partition coefficient (Wildman–Crippen LogP) is 4.48. The summed E-state index contributed by atoms with van der Waals surface area (Å²) in [6.45, 7) is 3.00. The lowest BCUT2D eigenvalue weighted by molar-refractivity contribution is -0.127. The van der Waals surface area contributed by atoms with E-state index in [0.29, 0.717) is 12.2 Å². The maximum Gasteiger partial charge on any atom is 0.138 e. The molecular formula is C19H26O2. The topological polar surface area (TPSA) is 26.3 Å². The largest absolute Gasteiger partial charge is 0.373 e. The molecule has 1 fully saturated rings. The molecule has 2 heteroatoms. The van der Waals surface area contributed by atoms with Gasteiger partial charge in [-0.25, -0.2) is 0 Å². The maximum absolute atomic E-state index is 12.7. The number of carbonyl (C=O) groups excluding carboxylic acids is 1. The molecule has 21 heavy (non-hydrogen) atoms. The molecule has 0 radical (unpaired) electrons. The Morgan fingerprint density at radius 2 is 2.14 bits per heavy atom. The molecule has 2 aliphatic rings. The fourth-order valence-corrected chi connectivity index (χ4v) is 3.95. The van der Waals surface area contributed by atoms with Crippen LogP contribution in [0.5, 0.6) is 0 Å². The van der Waals surface area contributed by atoms with Gasteiger partial charge in [0.1, 0.15) is 5.78 Å². The van der Waals surface area contributed by atoms with Crippen LogP contribution in [0.25, 0.3) is 0 Å². The van der Waals surface area contributed by atoms with E-state index in [1.165, 1.54) is 30.4 Å². The molecule has 3 rings (SSSR count). The maximum atomic E-state index is 12.7. The Labute approximate surface area is 127 Å². The second-order valence-electron chi connectivity index (χ2n) is 6.62. The van der Waals surface area contributed by atoms with Gasteiger partial charge in [0.15, 0.2) is 0 Å². The number of Topliss-reactive ketones (excluding diaryl/α,β-unsaturated/α-hetero) is 1. The molecule has 0 spiro atoms. The summed E-state index contributed by atoms with van der Waals surface area (Å²) in [4.78, 5) is 12.7. The van der Waals surface area contributed by atoms with Gasteiger partial charge in [0.2, 0.25) is 0 Å². The van der Waals surface area contributed by atoms with E-state index >= 15 is 0 Å². The summed E-state index contributed by atoms with van der Waals surface area (Å²) in [6, 6.07) is 8.43. The van der Waals surface area contributed by atoms with Crippen molar-refractivity contribution in [2.24, 2.45) is 11.8 Å². The van der Waals surface area contributed by atoms with Crippen LogP contribution >= 0.6 is 0 Å². The molecule has 1 aromatic rings. The highest BCUT2D eigenvalue weighted by Gasteiger charge is 2.30. The molecule has 1 aromatic carbocycles. The van der Waals surface area contributed by atoms with Crippen molar-refractivity contribution in [3.8, 4) is 0 Å². The van der Waals surface area contributed by atoms with Crippen molar-refractivity contribution in [1.29, 1.82) is 0 Å². The zero-order valence-corrected chi connectivity index (χ0v) is 13.0. The van der Waals surface area contributed by atoms with Crippen LogP contribution in [0.3, 0.4) is 0 Å². The van der Waals surface area contributed by atoms with Gasteiger partial charge in [-0.1, -0.05) is 50.5 Å². The summed E-state index contributed by atoms with van der Waals surface area (Å²) in [7, 11) is 0. The van der Waals surface area contributed by atoms with Crippen LogP contribution < -0.4 is 0 Å². The van der Waals surface area contributed by atoms with E-state index < -0.39 is 0 Å². The van der Waals surface area contributed by atoms with E-state index in [1.807, 2.05) is 0 Å². The summed E-state index contributed by atoms with van der Waals surface area (Å²) in [6.07, 6.45) is 7.46. The Kier molecular flexibility index (Phi) is 4.74. The third-order valence-corrected chi connectivity index (χ3v) is 5.29. The molecule has 3 atom stereocenters. The lowest BCUT2D eigenvalue weighted by atomic mass is 9.77. The third-order valence-electron chi connectivity index (χ3n) is 5.29. The van der Waals surface area contributed by atoms with Crippen molar-refractivity contribution in [1.82, 2.24) is 0 Å². The summed E-state index contributed by atoms with van der Waals surface area (Å²) in [5, 5.41) is 0. The number of hydrogen-bond acceptors (Lipinski definition) is 2. The number of fused-ring (bicyclic) bond motifs is 1. The van der Waals surface area contributed by atoms with Crippen LogP contribution in [-0.4, -0.2) is 12.4 Å². The smallest absolute Gasteiger partial charge is 0.138 e. The molecule has 2 nitrogen and oxygen atoms in total. The molecule has 0 bridgehead atoms. The molecule has 0 N–H and O–H groups in total. The first-order valence-corrected chi connectivity index (χ1v) is 8.50. The zero-order chi connectivity index (χ0) is 14.7. The Balaban J connectivity index is 1.65. The summed E-state index contributed by atoms with van der Waals surface area (Å²) < 4.78 is 5.90. The van der Waals surface area contributed by atoms with E-state index in [0.717, 1.165) is 31.8 Å². The summed E-state index contributed by atoms with van der Waals surface area (Å²) in [5.74, 6) is 1.46. The fourth-order valence-electron chi connectivity index (χ4n) is 3.95. The lowest BCUT2D eigenvalue weighted by Crippen LogP contribution is -2.26. The summed E-state index contributed by atoms with van der Waals surface area (Å²) >= 11 is 0. The number of rotatable bonds is 4. The van der Waals surface area contributed by atoms with Crippen molar-refractivity contribution in [2.45, 2.75) is 58.0 Å². The van der Waals surface area contributed by atoms with Gasteiger partial charge in [0.25, 0.3) is 0 Å². The number of hydrogen-bond donors (Lipinski definition) is 0. The van der Waals surface area contributed by atoms with Crippen molar-refractivity contribution in [2.75, 3.05) is 6.61 Å². The van der Waals surface area contributed by atoms with Gasteiger partial charge in [-0.3, -0.25) is 4.79 Å². The van der Waals surface area contributed by atoms with E-state index in [9.17, 15) is 4.79 Å². The predicted molar refractivity (Wildman–Crippen MR) is 84.2 cm³/mol. The molecule has 0 amide bonds. The number of ether oxygens (including phenoxy) is 1. The first kappa shape index (κ1) is 14.8. The third kappa shape index (κ3) is 3.37. The molecule has 1 saturated carbocycles. The molecule has 1 heterocycles. The monoisotopic (exact) mass is 286 g/mol. The van der Waals surface area contributed by atoms with Gasteiger partial charge >= 0.3 is 0 Å². The van der Waals surface area contributed by atoms with Crippen LogP contribution in [0.4, 0.5) is 0 Å². The van der Waals surface area contributed by atoms with Crippen molar-refractivity contribution in [3.63, 3.8) is 0 Å². The number of carbonyl (C=O) groups is 1. The minimum absolute atomic E-state index is 0.00977. The molecule has 114 valence electrons. The van der Waals surface area contributed by atoms with E-state index in [-0.39, 0.29) is 12.0 Å².